The predicted octanol–water partition coefficient (Wildman–Crippen LogP) is 14.2. The Morgan fingerprint density at radius 3 is 1.34 bits per heavy atom. The second-order valence-corrected chi connectivity index (χ2v) is 17.5. The zero-order chi connectivity index (χ0) is 44.8. The molecule has 0 aromatic carbocycles. The molecule has 0 aliphatic carbocycles. The molecule has 0 spiro atoms. The third-order valence-electron chi connectivity index (χ3n) is 9.04. The zero-order valence-electron chi connectivity index (χ0n) is 39.1. The summed E-state index contributed by atoms with van der Waals surface area (Å²) in [6.07, 6.45) is 62.6. The van der Waals surface area contributed by atoms with Crippen LogP contribution in [0.2, 0.25) is 0 Å². The van der Waals surface area contributed by atoms with Gasteiger partial charge in [0.25, 0.3) is 0 Å². The van der Waals surface area contributed by atoms with Crippen LogP contribution in [-0.4, -0.2) is 75.6 Å². The Hall–Kier alpha value is -3.10. The van der Waals surface area contributed by atoms with Crippen molar-refractivity contribution in [2.45, 2.75) is 148 Å². The van der Waals surface area contributed by atoms with Crippen LogP contribution >= 0.6 is 7.82 Å². The van der Waals surface area contributed by atoms with E-state index in [4.69, 9.17) is 18.5 Å². The fourth-order valence-electron chi connectivity index (χ4n) is 5.52. The molecule has 2 unspecified atom stereocenters. The summed E-state index contributed by atoms with van der Waals surface area (Å²) in [6, 6.07) is 0. The van der Waals surface area contributed by atoms with Crippen molar-refractivity contribution < 1.29 is 37.3 Å². The summed E-state index contributed by atoms with van der Waals surface area (Å²) in [7, 11) is 1.59. The number of phosphoric ester groups is 1. The van der Waals surface area contributed by atoms with E-state index in [9.17, 15) is 14.3 Å². The highest BCUT2D eigenvalue weighted by Gasteiger charge is 2.26. The predicted molar refractivity (Wildman–Crippen MR) is 260 cm³/mol. The van der Waals surface area contributed by atoms with E-state index in [1.807, 2.05) is 21.1 Å². The van der Waals surface area contributed by atoms with Gasteiger partial charge in [0.2, 0.25) is 0 Å². The lowest BCUT2D eigenvalue weighted by atomic mass is 10.1. The lowest BCUT2D eigenvalue weighted by Crippen LogP contribution is -2.37. The third-order valence-corrected chi connectivity index (χ3v) is 10.0. The smallest absolute Gasteiger partial charge is 0.457 e. The largest absolute Gasteiger partial charge is 0.472 e. The van der Waals surface area contributed by atoms with Crippen LogP contribution < -0.4 is 0 Å². The van der Waals surface area contributed by atoms with Crippen LogP contribution in [0.3, 0.4) is 0 Å². The summed E-state index contributed by atoms with van der Waals surface area (Å²) in [6.45, 7) is 5.11. The molecule has 0 saturated heterocycles. The minimum atomic E-state index is -4.31. The Bertz CT molecular complexity index is 1380. The second kappa shape index (κ2) is 43.5. The normalized spacial score (nSPS) is 14.8. The summed E-state index contributed by atoms with van der Waals surface area (Å²) < 4.78 is 34.9. The molecule has 0 aliphatic rings. The van der Waals surface area contributed by atoms with Crippen LogP contribution in [0.5, 0.6) is 0 Å². The molecule has 346 valence electrons. The van der Waals surface area contributed by atoms with E-state index >= 15 is 0 Å². The van der Waals surface area contributed by atoms with Gasteiger partial charge in [0.05, 0.1) is 41.0 Å². The number of nitrogens with zero attached hydrogens (tertiary/aromatic N) is 1. The van der Waals surface area contributed by atoms with E-state index in [0.29, 0.717) is 24.1 Å². The summed E-state index contributed by atoms with van der Waals surface area (Å²) in [4.78, 5) is 22.9. The Balaban J connectivity index is 4.34. The number of rotatable bonds is 41. The first-order chi connectivity index (χ1) is 29.6. The van der Waals surface area contributed by atoms with Gasteiger partial charge in [-0.25, -0.2) is 4.57 Å². The minimum absolute atomic E-state index is 0.0644. The van der Waals surface area contributed by atoms with Crippen molar-refractivity contribution in [3.63, 3.8) is 0 Å². The average molecular weight is 869 g/mol. The third kappa shape index (κ3) is 47.8. The fraction of sp³-hybridized carbons (Fsp3) is 0.596. The molecular weight excluding hydrogens is 782 g/mol. The lowest BCUT2D eigenvalue weighted by molar-refractivity contribution is -0.870. The van der Waals surface area contributed by atoms with Crippen molar-refractivity contribution in [2.24, 2.45) is 0 Å². The molecule has 2 atom stereocenters. The number of quaternary nitrogens is 1. The Morgan fingerprint density at radius 2 is 0.902 bits per heavy atom. The van der Waals surface area contributed by atoms with Gasteiger partial charge >= 0.3 is 13.8 Å². The van der Waals surface area contributed by atoms with Gasteiger partial charge in [0.15, 0.2) is 0 Å². The molecule has 8 nitrogen and oxygen atoms in total. The van der Waals surface area contributed by atoms with E-state index in [0.717, 1.165) is 96.3 Å². The highest BCUT2D eigenvalue weighted by molar-refractivity contribution is 7.47. The van der Waals surface area contributed by atoms with Gasteiger partial charge in [-0.2, -0.15) is 0 Å². The van der Waals surface area contributed by atoms with E-state index in [2.05, 4.69) is 135 Å². The van der Waals surface area contributed by atoms with Gasteiger partial charge in [-0.05, 0) is 89.9 Å². The van der Waals surface area contributed by atoms with Crippen molar-refractivity contribution in [3.05, 3.63) is 122 Å². The van der Waals surface area contributed by atoms with Gasteiger partial charge in [-0.1, -0.05) is 167 Å². The van der Waals surface area contributed by atoms with Gasteiger partial charge in [0, 0.05) is 6.42 Å². The first-order valence-corrected chi connectivity index (χ1v) is 24.8. The highest BCUT2D eigenvalue weighted by Crippen LogP contribution is 2.43. The SMILES string of the molecule is CC/C=C\C/C=C\C/C=C\C/C=C\C/C=C\CCCCCCCCCC(=O)OC(COCC/C=C\C/C=C\C/C=C\C/C=C\C/C=C\CC)COP(=O)(O)OCC[N+](C)(C)C. The Labute approximate surface area is 373 Å². The lowest BCUT2D eigenvalue weighted by Gasteiger charge is -2.24. The number of hydrogen-bond acceptors (Lipinski definition) is 6. The van der Waals surface area contributed by atoms with Crippen molar-refractivity contribution in [1.82, 2.24) is 0 Å². The molecule has 0 saturated carbocycles. The second-order valence-electron chi connectivity index (χ2n) is 16.0. The van der Waals surface area contributed by atoms with Crippen LogP contribution in [0.25, 0.3) is 0 Å². The summed E-state index contributed by atoms with van der Waals surface area (Å²) in [5.41, 5.74) is 0. The van der Waals surface area contributed by atoms with Crippen LogP contribution in [-0.2, 0) is 27.9 Å². The van der Waals surface area contributed by atoms with Gasteiger partial charge in [-0.15, -0.1) is 0 Å². The van der Waals surface area contributed by atoms with Gasteiger partial charge in [-0.3, -0.25) is 13.8 Å². The first kappa shape index (κ1) is 57.9. The molecule has 0 aromatic rings. The number of likely N-dealkylation sites (N-methyl/N-ethyl adjacent to an activating group) is 1. The van der Waals surface area contributed by atoms with Crippen LogP contribution in [0, 0.1) is 0 Å². The number of carbonyl (C=O) groups excluding carboxylic acids is 1. The quantitative estimate of drug-likeness (QED) is 0.0215. The van der Waals surface area contributed by atoms with Crippen molar-refractivity contribution in [3.8, 4) is 0 Å². The van der Waals surface area contributed by atoms with Crippen molar-refractivity contribution in [2.75, 3.05) is 54.1 Å². The first-order valence-electron chi connectivity index (χ1n) is 23.3. The standard InChI is InChI=1S/C52H86NO7P/c1-6-8-10-12-14-16-18-20-22-24-25-26-27-28-29-30-31-33-35-37-39-41-43-45-52(54)60-51(50-59-61(55,56)58-48-46-53(3,4)5)49-57-47-44-42-40-38-36-34-32-23-21-19-17-15-13-11-9-7-2/h8-11,14-17,20-23,25-26,28-29,34,36,40,42,51H,6-7,12-13,18-19,24,27,30-33,35,37-39,41,43-50H2,1-5H3/p+1/b10-8-,11-9-,16-14-,17-15-,22-20-,23-21-,26-25-,29-28-,36-34-,42-40-. The molecule has 9 heteroatoms. The monoisotopic (exact) mass is 869 g/mol. The number of unbranched alkanes of at least 4 members (excludes halogenated alkanes) is 7. The zero-order valence-corrected chi connectivity index (χ0v) is 40.0. The summed E-state index contributed by atoms with van der Waals surface area (Å²) in [5.74, 6) is -0.356. The molecule has 61 heavy (non-hydrogen) atoms. The topological polar surface area (TPSA) is 91.3 Å². The molecule has 0 aromatic heterocycles. The van der Waals surface area contributed by atoms with E-state index in [1.165, 1.54) is 19.3 Å². The van der Waals surface area contributed by atoms with Crippen molar-refractivity contribution in [1.29, 1.82) is 0 Å². The number of ether oxygens (including phenoxy) is 2. The molecule has 0 rings (SSSR count). The van der Waals surface area contributed by atoms with Crippen LogP contribution in [0.15, 0.2) is 122 Å². The van der Waals surface area contributed by atoms with Gasteiger partial charge in [0.1, 0.15) is 19.3 Å². The number of phosphoric acid groups is 1. The minimum Gasteiger partial charge on any atom is -0.457 e. The number of carbonyl (C=O) groups is 1. The maximum Gasteiger partial charge on any atom is 0.472 e. The Kier molecular flexibility index (Phi) is 41.3. The number of allylic oxidation sites excluding steroid dienone is 19. The summed E-state index contributed by atoms with van der Waals surface area (Å²) in [5, 5.41) is 0. The fourth-order valence-corrected chi connectivity index (χ4v) is 6.27. The maximum atomic E-state index is 12.7. The van der Waals surface area contributed by atoms with Gasteiger partial charge < -0.3 is 18.9 Å². The Morgan fingerprint density at radius 1 is 0.508 bits per heavy atom. The molecule has 0 heterocycles. The van der Waals surface area contributed by atoms with Crippen LogP contribution in [0.1, 0.15) is 142 Å². The summed E-state index contributed by atoms with van der Waals surface area (Å²) >= 11 is 0. The van der Waals surface area contributed by atoms with E-state index < -0.39 is 13.9 Å². The average Bonchev–Trinajstić information content (AvgIpc) is 3.22. The molecule has 0 amide bonds. The number of esters is 1. The molecule has 1 N–H and O–H groups in total. The van der Waals surface area contributed by atoms with E-state index in [-0.39, 0.29) is 32.2 Å². The van der Waals surface area contributed by atoms with Crippen LogP contribution in [0.4, 0.5) is 0 Å². The molecule has 0 fully saturated rings. The molecule has 0 radical (unpaired) electrons. The molecule has 0 bridgehead atoms. The van der Waals surface area contributed by atoms with E-state index in [1.54, 1.807) is 0 Å². The highest BCUT2D eigenvalue weighted by atomic mass is 31.2. The molecular formula is C52H87NO7P+. The molecule has 0 aliphatic heterocycles. The van der Waals surface area contributed by atoms with Crippen molar-refractivity contribution >= 4 is 13.8 Å². The maximum absolute atomic E-state index is 12.7. The number of hydrogen-bond donors (Lipinski definition) is 1.